The van der Waals surface area contributed by atoms with Gasteiger partial charge in [-0.2, -0.15) is 0 Å². The third kappa shape index (κ3) is 40.2. The van der Waals surface area contributed by atoms with Crippen molar-refractivity contribution in [1.82, 2.24) is 0 Å². The van der Waals surface area contributed by atoms with E-state index in [1.165, 1.54) is 83.5 Å². The van der Waals surface area contributed by atoms with E-state index in [0.717, 1.165) is 70.6 Å². The van der Waals surface area contributed by atoms with Gasteiger partial charge in [-0.3, -0.25) is 23.4 Å². The predicted molar refractivity (Wildman–Crippen MR) is 235 cm³/mol. The highest BCUT2D eigenvalue weighted by Gasteiger charge is 2.28. The van der Waals surface area contributed by atoms with Crippen LogP contribution in [0.1, 0.15) is 194 Å². The summed E-state index contributed by atoms with van der Waals surface area (Å²) in [6.45, 7) is 2.74. The minimum Gasteiger partial charge on any atom is -0.480 e. The maximum atomic E-state index is 12.6. The molecule has 3 atom stereocenters. The van der Waals surface area contributed by atoms with Crippen molar-refractivity contribution in [2.45, 2.75) is 206 Å². The molecule has 0 spiro atoms. The van der Waals surface area contributed by atoms with Gasteiger partial charge in [-0.25, -0.2) is 4.57 Å². The lowest BCUT2D eigenvalue weighted by Crippen LogP contribution is -2.34. The van der Waals surface area contributed by atoms with Gasteiger partial charge in [0.05, 0.1) is 13.2 Å². The Morgan fingerprint density at radius 1 is 0.552 bits per heavy atom. The van der Waals surface area contributed by atoms with E-state index in [2.05, 4.69) is 67.0 Å². The van der Waals surface area contributed by atoms with Crippen LogP contribution in [0.15, 0.2) is 48.6 Å². The Balaban J connectivity index is 4.36. The topological polar surface area (TPSA) is 172 Å². The summed E-state index contributed by atoms with van der Waals surface area (Å²) in [4.78, 5) is 46.0. The number of phosphoric ester groups is 1. The molecule has 0 heterocycles. The van der Waals surface area contributed by atoms with E-state index in [1.54, 1.807) is 0 Å². The van der Waals surface area contributed by atoms with Crippen LogP contribution < -0.4 is 5.73 Å². The van der Waals surface area contributed by atoms with Gasteiger partial charge in [0.2, 0.25) is 0 Å². The minimum absolute atomic E-state index is 0.152. The van der Waals surface area contributed by atoms with Crippen LogP contribution in [0.2, 0.25) is 0 Å². The fourth-order valence-corrected chi connectivity index (χ4v) is 6.75. The number of carboxylic acid groups (broad SMARTS) is 1. The number of esters is 2. The molecule has 336 valence electrons. The van der Waals surface area contributed by atoms with Crippen LogP contribution in [0.3, 0.4) is 0 Å². The third-order valence-electron chi connectivity index (χ3n) is 9.58. The summed E-state index contributed by atoms with van der Waals surface area (Å²) in [7, 11) is -4.72. The summed E-state index contributed by atoms with van der Waals surface area (Å²) in [6, 6.07) is -1.53. The monoisotopic (exact) mass is 840 g/mol. The summed E-state index contributed by atoms with van der Waals surface area (Å²) in [5.74, 6) is -2.40. The molecule has 4 N–H and O–H groups in total. The van der Waals surface area contributed by atoms with Crippen molar-refractivity contribution in [2.75, 3.05) is 19.8 Å². The first-order valence-corrected chi connectivity index (χ1v) is 24.2. The summed E-state index contributed by atoms with van der Waals surface area (Å²) >= 11 is 0. The standard InChI is InChI=1S/C46H82NO10P/c1-3-5-7-9-11-13-15-17-19-20-21-22-24-26-28-30-32-34-36-38-45(49)57-42(40-55-58(52,53)56-41-43(47)46(50)51)39-54-44(48)37-35-33-31-29-27-25-23-18-16-14-12-10-8-6-4-2/h11,13-14,16-19,23,42-43H,3-10,12,15,20-22,24-41,47H2,1-2H3,(H,50,51)(H,52,53)/b13-11+,16-14+,19-17+,23-18+/t42-,43+/m1/s1. The Bertz CT molecular complexity index is 1170. The number of carbonyl (C=O) groups is 3. The number of carboxylic acids is 1. The number of aliphatic carboxylic acids is 1. The molecule has 0 fully saturated rings. The Morgan fingerprint density at radius 3 is 1.48 bits per heavy atom. The molecular weight excluding hydrogens is 757 g/mol. The number of hydrogen-bond acceptors (Lipinski definition) is 9. The van der Waals surface area contributed by atoms with Crippen molar-refractivity contribution in [3.05, 3.63) is 48.6 Å². The molecule has 0 aliphatic carbocycles. The molecule has 0 aromatic rings. The number of rotatable bonds is 42. The lowest BCUT2D eigenvalue weighted by molar-refractivity contribution is -0.161. The average Bonchev–Trinajstić information content (AvgIpc) is 3.20. The van der Waals surface area contributed by atoms with Crippen LogP contribution in [-0.4, -0.2) is 59.9 Å². The maximum Gasteiger partial charge on any atom is 0.472 e. The number of hydrogen-bond donors (Lipinski definition) is 3. The number of ether oxygens (including phenoxy) is 2. The fraction of sp³-hybridized carbons (Fsp3) is 0.761. The summed E-state index contributed by atoms with van der Waals surface area (Å²) in [5, 5.41) is 8.89. The van der Waals surface area contributed by atoms with E-state index in [4.69, 9.17) is 24.8 Å². The van der Waals surface area contributed by atoms with Gasteiger partial charge in [0.25, 0.3) is 0 Å². The summed E-state index contributed by atoms with van der Waals surface area (Å²) < 4.78 is 32.7. The second-order valence-electron chi connectivity index (χ2n) is 15.2. The molecule has 0 aromatic heterocycles. The first-order valence-electron chi connectivity index (χ1n) is 22.7. The van der Waals surface area contributed by atoms with E-state index in [0.29, 0.717) is 12.8 Å². The molecule has 0 bridgehead atoms. The van der Waals surface area contributed by atoms with Crippen LogP contribution >= 0.6 is 7.82 Å². The molecule has 0 aliphatic heterocycles. The number of carbonyl (C=O) groups excluding carboxylic acids is 2. The molecule has 0 radical (unpaired) electrons. The molecule has 0 aliphatic rings. The van der Waals surface area contributed by atoms with Crippen molar-refractivity contribution >= 4 is 25.7 Å². The van der Waals surface area contributed by atoms with Gasteiger partial charge in [0.15, 0.2) is 6.10 Å². The lowest BCUT2D eigenvalue weighted by Gasteiger charge is -2.20. The maximum absolute atomic E-state index is 12.6. The van der Waals surface area contributed by atoms with Gasteiger partial charge in [0.1, 0.15) is 12.6 Å². The first kappa shape index (κ1) is 55.4. The molecular formula is C46H82NO10P. The van der Waals surface area contributed by atoms with Crippen molar-refractivity contribution < 1.29 is 47.5 Å². The van der Waals surface area contributed by atoms with Crippen molar-refractivity contribution in [1.29, 1.82) is 0 Å². The molecule has 0 aromatic carbocycles. The van der Waals surface area contributed by atoms with E-state index in [1.807, 2.05) is 0 Å². The highest BCUT2D eigenvalue weighted by atomic mass is 31.2. The zero-order valence-corrected chi connectivity index (χ0v) is 37.3. The minimum atomic E-state index is -4.72. The SMILES string of the molecule is CCCCC/C=C/C/C=C/CCCCCCCCCCCC(=O)O[C@H](COC(=O)CCCCCCC/C=C/C=C/CCCCCC)COP(=O)(O)OC[C@H](N)C(=O)O. The molecule has 58 heavy (non-hydrogen) atoms. The van der Waals surface area contributed by atoms with E-state index >= 15 is 0 Å². The molecule has 0 saturated carbocycles. The number of nitrogens with two attached hydrogens (primary N) is 1. The largest absolute Gasteiger partial charge is 0.480 e. The van der Waals surface area contributed by atoms with Crippen LogP contribution in [0, 0.1) is 0 Å². The molecule has 0 amide bonds. The molecule has 0 rings (SSSR count). The van der Waals surface area contributed by atoms with Crippen LogP contribution in [-0.2, 0) is 37.5 Å². The Hall–Kier alpha value is -2.56. The first-order chi connectivity index (χ1) is 28.1. The second kappa shape index (κ2) is 41.2. The van der Waals surface area contributed by atoms with Crippen LogP contribution in [0.5, 0.6) is 0 Å². The van der Waals surface area contributed by atoms with Crippen molar-refractivity contribution in [2.24, 2.45) is 5.73 Å². The van der Waals surface area contributed by atoms with Crippen molar-refractivity contribution in [3.63, 3.8) is 0 Å². The number of phosphoric acid groups is 1. The smallest absolute Gasteiger partial charge is 0.472 e. The van der Waals surface area contributed by atoms with Gasteiger partial charge >= 0.3 is 25.7 Å². The molecule has 12 heteroatoms. The van der Waals surface area contributed by atoms with Crippen molar-refractivity contribution in [3.8, 4) is 0 Å². The van der Waals surface area contributed by atoms with Gasteiger partial charge in [-0.1, -0.05) is 159 Å². The second-order valence-corrected chi connectivity index (χ2v) is 16.7. The molecule has 1 unspecified atom stereocenters. The quantitative estimate of drug-likeness (QED) is 0.0176. The van der Waals surface area contributed by atoms with Gasteiger partial charge in [-0.15, -0.1) is 0 Å². The van der Waals surface area contributed by atoms with E-state index in [-0.39, 0.29) is 19.4 Å². The Kier molecular flexibility index (Phi) is 39.4. The summed E-state index contributed by atoms with van der Waals surface area (Å²) in [6.07, 6.45) is 45.9. The van der Waals surface area contributed by atoms with Crippen LogP contribution in [0.4, 0.5) is 0 Å². The highest BCUT2D eigenvalue weighted by molar-refractivity contribution is 7.47. The van der Waals surface area contributed by atoms with Gasteiger partial charge in [0, 0.05) is 12.8 Å². The van der Waals surface area contributed by atoms with E-state index in [9.17, 15) is 23.8 Å². The fourth-order valence-electron chi connectivity index (χ4n) is 5.97. The number of allylic oxidation sites excluding steroid dienone is 8. The Labute approximate surface area is 352 Å². The van der Waals surface area contributed by atoms with Crippen LogP contribution in [0.25, 0.3) is 0 Å². The zero-order chi connectivity index (χ0) is 42.8. The third-order valence-corrected chi connectivity index (χ3v) is 10.5. The highest BCUT2D eigenvalue weighted by Crippen LogP contribution is 2.43. The zero-order valence-electron chi connectivity index (χ0n) is 36.4. The molecule has 11 nitrogen and oxygen atoms in total. The number of unbranched alkanes of at least 4 members (excludes halogenated alkanes) is 21. The average molecular weight is 840 g/mol. The normalized spacial score (nSPS) is 14.1. The van der Waals surface area contributed by atoms with Gasteiger partial charge < -0.3 is 25.2 Å². The lowest BCUT2D eigenvalue weighted by atomic mass is 10.1. The van der Waals surface area contributed by atoms with E-state index < -0.39 is 51.1 Å². The molecule has 0 saturated heterocycles. The Morgan fingerprint density at radius 2 is 0.966 bits per heavy atom. The summed E-state index contributed by atoms with van der Waals surface area (Å²) in [5.41, 5.74) is 5.34. The van der Waals surface area contributed by atoms with Gasteiger partial charge in [-0.05, 0) is 70.6 Å². The predicted octanol–water partition coefficient (Wildman–Crippen LogP) is 12.2.